The van der Waals surface area contributed by atoms with Crippen molar-refractivity contribution in [2.24, 2.45) is 7.05 Å². The summed E-state index contributed by atoms with van der Waals surface area (Å²) in [6.45, 7) is 5.42. The Bertz CT molecular complexity index is 1130. The summed E-state index contributed by atoms with van der Waals surface area (Å²) in [4.78, 5) is 27.6. The van der Waals surface area contributed by atoms with Gasteiger partial charge in [-0.1, -0.05) is 23.9 Å². The summed E-state index contributed by atoms with van der Waals surface area (Å²) in [6.07, 6.45) is -0.381. The number of hydrogen-bond acceptors (Lipinski definition) is 7. The number of aromatic amines is 1. The number of fused-ring (bicyclic) bond motifs is 1. The average molecular weight is 426 g/mol. The van der Waals surface area contributed by atoms with Gasteiger partial charge in [0.15, 0.2) is 40.2 Å². The Morgan fingerprint density at radius 3 is 2.67 bits per heavy atom. The molecule has 0 saturated carbocycles. The Labute approximate surface area is 178 Å². The van der Waals surface area contributed by atoms with Crippen molar-refractivity contribution in [3.8, 4) is 11.5 Å². The molecule has 156 valence electrons. The molecular formula is C21H22N4O4S. The van der Waals surface area contributed by atoms with Gasteiger partial charge in [0.05, 0.1) is 11.4 Å². The fourth-order valence-corrected chi connectivity index (χ4v) is 4.43. The number of Topliss-reactive ketones (excluding diaryl/α,β-unsaturated/α-hetero) is 2. The second-order valence-electron chi connectivity index (χ2n) is 7.16. The van der Waals surface area contributed by atoms with Crippen LogP contribution in [0.25, 0.3) is 0 Å². The minimum atomic E-state index is -0.381. The summed E-state index contributed by atoms with van der Waals surface area (Å²) in [5.41, 5.74) is 2.45. The smallest absolute Gasteiger partial charge is 0.192 e. The van der Waals surface area contributed by atoms with Crippen LogP contribution in [0.4, 0.5) is 0 Å². The molecule has 1 aromatic carbocycles. The molecule has 0 fully saturated rings. The first-order chi connectivity index (χ1) is 14.4. The molecule has 0 saturated heterocycles. The molecule has 3 heterocycles. The highest BCUT2D eigenvalue weighted by Crippen LogP contribution is 2.35. The highest BCUT2D eigenvalue weighted by molar-refractivity contribution is 7.99. The molecule has 0 spiro atoms. The van der Waals surface area contributed by atoms with Crippen LogP contribution in [0, 0.1) is 13.8 Å². The highest BCUT2D eigenvalue weighted by atomic mass is 32.2. The summed E-state index contributed by atoms with van der Waals surface area (Å²) >= 11 is 1.29. The fraction of sp³-hybridized carbons (Fsp3) is 0.333. The number of benzene rings is 1. The predicted octanol–water partition coefficient (Wildman–Crippen LogP) is 3.45. The zero-order valence-electron chi connectivity index (χ0n) is 17.2. The number of rotatable bonds is 6. The first kappa shape index (κ1) is 20.2. The van der Waals surface area contributed by atoms with Crippen molar-refractivity contribution in [2.45, 2.75) is 32.0 Å². The van der Waals surface area contributed by atoms with Crippen LogP contribution in [0.1, 0.15) is 51.0 Å². The maximum absolute atomic E-state index is 12.7. The van der Waals surface area contributed by atoms with Crippen molar-refractivity contribution in [3.63, 3.8) is 0 Å². The van der Waals surface area contributed by atoms with Gasteiger partial charge in [0.25, 0.3) is 0 Å². The van der Waals surface area contributed by atoms with Crippen LogP contribution in [0.5, 0.6) is 11.5 Å². The van der Waals surface area contributed by atoms with E-state index in [1.807, 2.05) is 35.9 Å². The summed E-state index contributed by atoms with van der Waals surface area (Å²) in [6, 6.07) is 7.48. The number of H-pyrrole nitrogens is 1. The maximum atomic E-state index is 12.7. The molecule has 0 radical (unpaired) electrons. The summed E-state index contributed by atoms with van der Waals surface area (Å²) < 4.78 is 13.6. The molecule has 8 nitrogen and oxygen atoms in total. The number of aromatic nitrogens is 4. The van der Waals surface area contributed by atoms with Crippen molar-refractivity contribution in [2.75, 3.05) is 12.4 Å². The van der Waals surface area contributed by atoms with Gasteiger partial charge in [-0.2, -0.15) is 0 Å². The molecule has 9 heteroatoms. The van der Waals surface area contributed by atoms with Gasteiger partial charge in [-0.05, 0) is 38.5 Å². The monoisotopic (exact) mass is 426 g/mol. The molecule has 2 aromatic heterocycles. The van der Waals surface area contributed by atoms with Gasteiger partial charge in [-0.25, -0.2) is 0 Å². The van der Waals surface area contributed by atoms with E-state index in [-0.39, 0.29) is 23.4 Å². The van der Waals surface area contributed by atoms with Crippen molar-refractivity contribution >= 4 is 23.3 Å². The van der Waals surface area contributed by atoms with Crippen LogP contribution in [0.2, 0.25) is 0 Å². The van der Waals surface area contributed by atoms with E-state index in [1.54, 1.807) is 13.8 Å². The quantitative estimate of drug-likeness (QED) is 0.476. The summed E-state index contributed by atoms with van der Waals surface area (Å²) in [5, 5.41) is 9.06. The molecule has 1 aliphatic rings. The molecule has 1 atom stereocenters. The number of ether oxygens (including phenoxy) is 2. The molecule has 0 aliphatic carbocycles. The third-order valence-corrected chi connectivity index (χ3v) is 6.09. The third-order valence-electron chi connectivity index (χ3n) is 5.07. The Balaban J connectivity index is 1.46. The minimum absolute atomic E-state index is 0.0535. The molecule has 30 heavy (non-hydrogen) atoms. The maximum Gasteiger partial charge on any atom is 0.192 e. The van der Waals surface area contributed by atoms with E-state index in [2.05, 4.69) is 15.2 Å². The molecule has 0 bridgehead atoms. The average Bonchev–Trinajstić information content (AvgIpc) is 3.24. The van der Waals surface area contributed by atoms with Gasteiger partial charge in [-0.3, -0.25) is 9.59 Å². The lowest BCUT2D eigenvalue weighted by atomic mass is 10.1. The Hall–Kier alpha value is -3.07. The van der Waals surface area contributed by atoms with Crippen molar-refractivity contribution in [1.82, 2.24) is 19.7 Å². The van der Waals surface area contributed by atoms with E-state index in [9.17, 15) is 9.59 Å². The largest absolute Gasteiger partial charge is 0.485 e. The second-order valence-corrected chi connectivity index (χ2v) is 8.10. The molecule has 0 unspecified atom stereocenters. The van der Waals surface area contributed by atoms with E-state index in [0.29, 0.717) is 51.6 Å². The van der Waals surface area contributed by atoms with E-state index >= 15 is 0 Å². The summed E-state index contributed by atoms with van der Waals surface area (Å²) in [7, 11) is 1.84. The number of carbonyl (C=O) groups is 2. The lowest BCUT2D eigenvalue weighted by Gasteiger charge is -2.25. The number of aryl methyl sites for hydroxylation is 1. The van der Waals surface area contributed by atoms with Crippen LogP contribution in [-0.4, -0.2) is 43.7 Å². The van der Waals surface area contributed by atoms with Crippen LogP contribution in [0.3, 0.4) is 0 Å². The number of nitrogens with one attached hydrogen (secondary N) is 1. The lowest BCUT2D eigenvalue weighted by molar-refractivity contribution is 0.0825. The van der Waals surface area contributed by atoms with Gasteiger partial charge in [-0.15, -0.1) is 10.2 Å². The second kappa shape index (κ2) is 7.98. The van der Waals surface area contributed by atoms with Crippen LogP contribution < -0.4 is 9.47 Å². The summed E-state index contributed by atoms with van der Waals surface area (Å²) in [5.74, 6) is 2.03. The first-order valence-electron chi connectivity index (χ1n) is 9.50. The van der Waals surface area contributed by atoms with Crippen molar-refractivity contribution in [1.29, 1.82) is 0 Å². The third kappa shape index (κ3) is 3.60. The number of hydrogen-bond donors (Lipinski definition) is 1. The number of nitrogens with zero attached hydrogens (tertiary/aromatic N) is 3. The lowest BCUT2D eigenvalue weighted by Crippen LogP contribution is -2.24. The van der Waals surface area contributed by atoms with Crippen LogP contribution in [-0.2, 0) is 7.05 Å². The number of thioether (sulfide) groups is 1. The normalized spacial score (nSPS) is 15.3. The zero-order chi connectivity index (χ0) is 21.4. The van der Waals surface area contributed by atoms with Crippen molar-refractivity contribution in [3.05, 3.63) is 52.6 Å². The van der Waals surface area contributed by atoms with E-state index in [1.165, 1.54) is 18.7 Å². The Morgan fingerprint density at radius 1 is 1.23 bits per heavy atom. The van der Waals surface area contributed by atoms with Crippen LogP contribution in [0.15, 0.2) is 29.4 Å². The Morgan fingerprint density at radius 2 is 1.97 bits per heavy atom. The molecule has 1 N–H and O–H groups in total. The van der Waals surface area contributed by atoms with Gasteiger partial charge in [0.1, 0.15) is 6.61 Å². The zero-order valence-corrected chi connectivity index (χ0v) is 18.0. The van der Waals surface area contributed by atoms with Crippen LogP contribution >= 0.6 is 11.8 Å². The molecule has 3 aromatic rings. The minimum Gasteiger partial charge on any atom is -0.485 e. The first-order valence-corrected chi connectivity index (χ1v) is 10.5. The molecular weight excluding hydrogens is 404 g/mol. The van der Waals surface area contributed by atoms with E-state index < -0.39 is 0 Å². The van der Waals surface area contributed by atoms with Crippen molar-refractivity contribution < 1.29 is 19.1 Å². The molecule has 1 aliphatic heterocycles. The highest BCUT2D eigenvalue weighted by Gasteiger charge is 2.28. The molecule has 4 rings (SSSR count). The molecule has 0 amide bonds. The van der Waals surface area contributed by atoms with Gasteiger partial charge in [0.2, 0.25) is 0 Å². The predicted molar refractivity (Wildman–Crippen MR) is 112 cm³/mol. The SMILES string of the molecule is CC(=O)c1c(C)[nH]c(C(=O)CSc2nnc([C@@H]3COc4ccccc4O3)n2C)c1C. The van der Waals surface area contributed by atoms with Gasteiger partial charge in [0, 0.05) is 18.3 Å². The van der Waals surface area contributed by atoms with E-state index in [0.717, 1.165) is 0 Å². The number of ketones is 2. The van der Waals surface area contributed by atoms with Gasteiger partial charge < -0.3 is 19.0 Å². The van der Waals surface area contributed by atoms with E-state index in [4.69, 9.17) is 9.47 Å². The standard InChI is InChI=1S/C21H22N4O4S/c1-11-18(13(3)26)12(2)22-19(11)14(27)10-30-21-24-23-20(25(21)4)17-9-28-15-7-5-6-8-16(15)29-17/h5-8,17,22H,9-10H2,1-4H3/t17-/m0/s1. The number of para-hydroxylation sites is 2. The Kier molecular flexibility index (Phi) is 5.38. The van der Waals surface area contributed by atoms with Gasteiger partial charge >= 0.3 is 0 Å². The number of carbonyl (C=O) groups excluding carboxylic acids is 2. The fourth-order valence-electron chi connectivity index (χ4n) is 3.64. The topological polar surface area (TPSA) is 99.1 Å².